The highest BCUT2D eigenvalue weighted by Gasteiger charge is 2.11. The number of rotatable bonds is 4. The molecule has 0 aliphatic carbocycles. The lowest BCUT2D eigenvalue weighted by Gasteiger charge is -2.11. The highest BCUT2D eigenvalue weighted by atomic mass is 16.5. The van der Waals surface area contributed by atoms with E-state index in [4.69, 9.17) is 10.6 Å². The normalized spacial score (nSPS) is 10.7. The summed E-state index contributed by atoms with van der Waals surface area (Å²) < 4.78 is 5.02. The van der Waals surface area contributed by atoms with E-state index < -0.39 is 0 Å². The summed E-state index contributed by atoms with van der Waals surface area (Å²) in [4.78, 5) is 8.79. The maximum Gasteiger partial charge on any atom is 0.161 e. The first-order chi connectivity index (χ1) is 9.55. The average Bonchev–Trinajstić information content (AvgIpc) is 2.46. The summed E-state index contributed by atoms with van der Waals surface area (Å²) in [5, 5.41) is 9.84. The first kappa shape index (κ1) is 14.1. The molecule has 0 radical (unpaired) electrons. The summed E-state index contributed by atoms with van der Waals surface area (Å²) in [6, 6.07) is 6.83. The van der Waals surface area contributed by atoms with Crippen LogP contribution >= 0.6 is 0 Å². The van der Waals surface area contributed by atoms with E-state index in [1.807, 2.05) is 13.8 Å². The van der Waals surface area contributed by atoms with Crippen LogP contribution in [0.3, 0.4) is 0 Å². The third-order valence-electron chi connectivity index (χ3n) is 2.92. The number of ether oxygens (including phenoxy) is 1. The predicted molar refractivity (Wildman–Crippen MR) is 77.6 cm³/mol. The van der Waals surface area contributed by atoms with Gasteiger partial charge in [-0.1, -0.05) is 13.8 Å². The number of benzene rings is 1. The summed E-state index contributed by atoms with van der Waals surface area (Å²) in [6.45, 7) is 4.08. The molecule has 0 atom stereocenters. The molecule has 0 aliphatic heterocycles. The van der Waals surface area contributed by atoms with Crippen LogP contribution in [-0.4, -0.2) is 22.2 Å². The maximum atomic E-state index is 9.84. The van der Waals surface area contributed by atoms with Crippen molar-refractivity contribution in [3.05, 3.63) is 30.0 Å². The van der Waals surface area contributed by atoms with Crippen molar-refractivity contribution in [3.8, 4) is 22.9 Å². The number of nitrogens with one attached hydrogen (secondary N) is 1. The largest absolute Gasteiger partial charge is 0.504 e. The number of nitrogens with zero attached hydrogens (tertiary/aromatic N) is 2. The zero-order valence-electron chi connectivity index (χ0n) is 11.7. The summed E-state index contributed by atoms with van der Waals surface area (Å²) in [5.74, 6) is 7.17. The van der Waals surface area contributed by atoms with Crippen LogP contribution < -0.4 is 16.0 Å². The van der Waals surface area contributed by atoms with Crippen molar-refractivity contribution in [3.63, 3.8) is 0 Å². The minimum atomic E-state index is 0.0470. The molecular formula is C14H18N4O2. The lowest BCUT2D eigenvalue weighted by Crippen LogP contribution is -2.11. The van der Waals surface area contributed by atoms with E-state index in [0.29, 0.717) is 23.0 Å². The number of phenols is 1. The molecule has 6 nitrogen and oxygen atoms in total. The zero-order valence-corrected chi connectivity index (χ0v) is 11.7. The van der Waals surface area contributed by atoms with Gasteiger partial charge in [-0.2, -0.15) is 0 Å². The van der Waals surface area contributed by atoms with E-state index in [9.17, 15) is 5.11 Å². The van der Waals surface area contributed by atoms with Gasteiger partial charge in [-0.3, -0.25) is 0 Å². The van der Waals surface area contributed by atoms with Crippen LogP contribution in [0.5, 0.6) is 11.5 Å². The number of nitrogen functional groups attached to an aromatic ring is 1. The Morgan fingerprint density at radius 1 is 1.25 bits per heavy atom. The van der Waals surface area contributed by atoms with Gasteiger partial charge in [-0.05, 0) is 24.1 Å². The molecule has 0 amide bonds. The molecule has 0 unspecified atom stereocenters. The number of aromatic hydroxyl groups is 1. The molecule has 2 aromatic rings. The van der Waals surface area contributed by atoms with Gasteiger partial charge in [0.15, 0.2) is 17.3 Å². The number of anilines is 1. The summed E-state index contributed by atoms with van der Waals surface area (Å²) >= 11 is 0. The zero-order chi connectivity index (χ0) is 14.7. The second kappa shape index (κ2) is 5.75. The fourth-order valence-corrected chi connectivity index (χ4v) is 1.79. The molecule has 20 heavy (non-hydrogen) atoms. The highest BCUT2D eigenvalue weighted by Crippen LogP contribution is 2.30. The van der Waals surface area contributed by atoms with Gasteiger partial charge in [0, 0.05) is 17.3 Å². The second-order valence-electron chi connectivity index (χ2n) is 4.69. The minimum absolute atomic E-state index is 0.0470. The Morgan fingerprint density at radius 3 is 2.55 bits per heavy atom. The molecule has 0 spiro atoms. The molecule has 1 aromatic heterocycles. The highest BCUT2D eigenvalue weighted by molar-refractivity contribution is 5.62. The van der Waals surface area contributed by atoms with Crippen LogP contribution in [-0.2, 0) is 0 Å². The Bertz CT molecular complexity index is 614. The molecule has 0 saturated heterocycles. The Morgan fingerprint density at radius 2 is 2.00 bits per heavy atom. The molecule has 4 N–H and O–H groups in total. The van der Waals surface area contributed by atoms with E-state index in [1.165, 1.54) is 7.11 Å². The molecule has 1 heterocycles. The number of nitrogens with two attached hydrogens (primary N) is 1. The van der Waals surface area contributed by atoms with Crippen LogP contribution in [0.15, 0.2) is 24.3 Å². The van der Waals surface area contributed by atoms with Crippen LogP contribution in [0, 0.1) is 0 Å². The van der Waals surface area contributed by atoms with Crippen molar-refractivity contribution in [2.45, 2.75) is 19.8 Å². The topological polar surface area (TPSA) is 93.3 Å². The number of aromatic nitrogens is 2. The van der Waals surface area contributed by atoms with E-state index in [1.54, 1.807) is 24.3 Å². The number of methoxy groups -OCH3 is 1. The SMILES string of the molecule is COc1ccc(-c2nc(NN)cc(C(C)C)n2)cc1O. The van der Waals surface area contributed by atoms with Crippen LogP contribution in [0.25, 0.3) is 11.4 Å². The predicted octanol–water partition coefficient (Wildman–Crippen LogP) is 2.27. The van der Waals surface area contributed by atoms with Gasteiger partial charge in [0.1, 0.15) is 5.82 Å². The van der Waals surface area contributed by atoms with Crippen molar-refractivity contribution in [1.29, 1.82) is 0 Å². The van der Waals surface area contributed by atoms with Crippen molar-refractivity contribution in [1.82, 2.24) is 9.97 Å². The van der Waals surface area contributed by atoms with Gasteiger partial charge in [-0.15, -0.1) is 0 Å². The third-order valence-corrected chi connectivity index (χ3v) is 2.92. The van der Waals surface area contributed by atoms with E-state index in [-0.39, 0.29) is 11.7 Å². The summed E-state index contributed by atoms with van der Waals surface area (Å²) in [6.07, 6.45) is 0. The van der Waals surface area contributed by atoms with E-state index in [0.717, 1.165) is 5.69 Å². The molecule has 0 aliphatic rings. The Labute approximate surface area is 117 Å². The van der Waals surface area contributed by atoms with Crippen molar-refractivity contribution < 1.29 is 9.84 Å². The summed E-state index contributed by atoms with van der Waals surface area (Å²) in [5.41, 5.74) is 4.10. The van der Waals surface area contributed by atoms with Crippen LogP contribution in [0.4, 0.5) is 5.82 Å². The Kier molecular flexibility index (Phi) is 4.05. The molecule has 106 valence electrons. The molecule has 6 heteroatoms. The molecule has 0 bridgehead atoms. The van der Waals surface area contributed by atoms with Gasteiger partial charge in [0.05, 0.1) is 7.11 Å². The molecular weight excluding hydrogens is 256 g/mol. The van der Waals surface area contributed by atoms with Gasteiger partial charge in [-0.25, -0.2) is 15.8 Å². The Hall–Kier alpha value is -2.34. The minimum Gasteiger partial charge on any atom is -0.504 e. The Balaban J connectivity index is 2.51. The van der Waals surface area contributed by atoms with Crippen molar-refractivity contribution >= 4 is 5.82 Å². The van der Waals surface area contributed by atoms with E-state index >= 15 is 0 Å². The number of hydrogen-bond acceptors (Lipinski definition) is 6. The van der Waals surface area contributed by atoms with Crippen molar-refractivity contribution in [2.75, 3.05) is 12.5 Å². The lowest BCUT2D eigenvalue weighted by molar-refractivity contribution is 0.373. The fourth-order valence-electron chi connectivity index (χ4n) is 1.79. The van der Waals surface area contributed by atoms with Gasteiger partial charge < -0.3 is 15.3 Å². The first-order valence-corrected chi connectivity index (χ1v) is 6.28. The lowest BCUT2D eigenvalue weighted by atomic mass is 10.1. The van der Waals surface area contributed by atoms with Gasteiger partial charge >= 0.3 is 0 Å². The standard InChI is InChI=1S/C14H18N4O2/c1-8(2)10-7-13(18-15)17-14(16-10)9-4-5-12(20-3)11(19)6-9/h4-8,19H,15H2,1-3H3,(H,16,17,18). The quantitative estimate of drug-likeness (QED) is 0.585. The summed E-state index contributed by atoms with van der Waals surface area (Å²) in [7, 11) is 1.50. The van der Waals surface area contributed by atoms with Gasteiger partial charge in [0.25, 0.3) is 0 Å². The fraction of sp³-hybridized carbons (Fsp3) is 0.286. The molecule has 0 fully saturated rings. The number of hydrogen-bond donors (Lipinski definition) is 3. The van der Waals surface area contributed by atoms with Crippen molar-refractivity contribution in [2.24, 2.45) is 5.84 Å². The first-order valence-electron chi connectivity index (χ1n) is 6.28. The third kappa shape index (κ3) is 2.80. The molecule has 2 rings (SSSR count). The number of phenolic OH excluding ortho intramolecular Hbond substituents is 1. The van der Waals surface area contributed by atoms with Crippen LogP contribution in [0.2, 0.25) is 0 Å². The van der Waals surface area contributed by atoms with E-state index in [2.05, 4.69) is 15.4 Å². The van der Waals surface area contributed by atoms with Crippen LogP contribution in [0.1, 0.15) is 25.5 Å². The number of hydrazine groups is 1. The monoisotopic (exact) mass is 274 g/mol. The average molecular weight is 274 g/mol. The smallest absolute Gasteiger partial charge is 0.161 e. The second-order valence-corrected chi connectivity index (χ2v) is 4.69. The molecule has 0 saturated carbocycles. The molecule has 1 aromatic carbocycles. The maximum absolute atomic E-state index is 9.84. The van der Waals surface area contributed by atoms with Gasteiger partial charge in [0.2, 0.25) is 0 Å².